The highest BCUT2D eigenvalue weighted by Crippen LogP contribution is 2.34. The van der Waals surface area contributed by atoms with Crippen LogP contribution in [0.1, 0.15) is 5.69 Å². The van der Waals surface area contributed by atoms with Crippen LogP contribution in [0.3, 0.4) is 0 Å². The van der Waals surface area contributed by atoms with E-state index in [4.69, 9.17) is 9.72 Å². The second-order valence-electron chi connectivity index (χ2n) is 5.89. The Morgan fingerprint density at radius 2 is 1.96 bits per heavy atom. The zero-order chi connectivity index (χ0) is 16.4. The van der Waals surface area contributed by atoms with Gasteiger partial charge in [0.25, 0.3) is 0 Å². The van der Waals surface area contributed by atoms with E-state index < -0.39 is 0 Å². The first-order valence-electron chi connectivity index (χ1n) is 8.14. The normalized spacial score (nSPS) is 15.8. The van der Waals surface area contributed by atoms with Crippen molar-refractivity contribution in [1.29, 1.82) is 0 Å². The van der Waals surface area contributed by atoms with Crippen molar-refractivity contribution in [1.82, 2.24) is 14.9 Å². The van der Waals surface area contributed by atoms with Gasteiger partial charge in [-0.1, -0.05) is 23.5 Å². The van der Waals surface area contributed by atoms with E-state index in [2.05, 4.69) is 26.9 Å². The smallest absolute Gasteiger partial charge is 0.186 e. The van der Waals surface area contributed by atoms with E-state index in [1.54, 1.807) is 18.4 Å². The van der Waals surface area contributed by atoms with Crippen molar-refractivity contribution in [3.05, 3.63) is 48.3 Å². The summed E-state index contributed by atoms with van der Waals surface area (Å²) < 4.78 is 6.60. The number of rotatable bonds is 4. The standard InChI is InChI=1S/C18H20N4OS/c1-23-15-6-4-7-16-17(15)20-18(24-16)22-11-9-21(10-12-22)13-14-5-2-3-8-19-14/h2-8H,9-13H2,1H3. The number of nitrogens with zero attached hydrogens (tertiary/aromatic N) is 4. The molecule has 124 valence electrons. The predicted octanol–water partition coefficient (Wildman–Crippen LogP) is 3.02. The highest BCUT2D eigenvalue weighted by molar-refractivity contribution is 7.22. The number of hydrogen-bond donors (Lipinski definition) is 0. The maximum Gasteiger partial charge on any atom is 0.186 e. The molecule has 4 rings (SSSR count). The SMILES string of the molecule is COc1cccc2sc(N3CCN(Cc4ccccn4)CC3)nc12. The maximum atomic E-state index is 5.42. The van der Waals surface area contributed by atoms with Crippen LogP contribution >= 0.6 is 11.3 Å². The van der Waals surface area contributed by atoms with Gasteiger partial charge in [0.05, 0.1) is 17.5 Å². The fraction of sp³-hybridized carbons (Fsp3) is 0.333. The molecule has 0 aliphatic carbocycles. The van der Waals surface area contributed by atoms with Gasteiger partial charge in [-0.3, -0.25) is 9.88 Å². The van der Waals surface area contributed by atoms with Crippen LogP contribution in [0.2, 0.25) is 0 Å². The zero-order valence-corrected chi connectivity index (χ0v) is 14.5. The fourth-order valence-electron chi connectivity index (χ4n) is 3.03. The molecule has 1 fully saturated rings. The molecule has 0 radical (unpaired) electrons. The van der Waals surface area contributed by atoms with E-state index in [1.165, 1.54) is 4.70 Å². The number of hydrogen-bond acceptors (Lipinski definition) is 6. The minimum atomic E-state index is 0.851. The first-order valence-corrected chi connectivity index (χ1v) is 8.96. The zero-order valence-electron chi connectivity index (χ0n) is 13.7. The van der Waals surface area contributed by atoms with E-state index in [0.29, 0.717) is 0 Å². The van der Waals surface area contributed by atoms with Gasteiger partial charge in [0.2, 0.25) is 0 Å². The molecule has 6 heteroatoms. The lowest BCUT2D eigenvalue weighted by Crippen LogP contribution is -2.46. The lowest BCUT2D eigenvalue weighted by molar-refractivity contribution is 0.247. The van der Waals surface area contributed by atoms with Gasteiger partial charge in [-0.05, 0) is 24.3 Å². The van der Waals surface area contributed by atoms with Crippen molar-refractivity contribution in [2.75, 3.05) is 38.2 Å². The molecule has 0 atom stereocenters. The third-order valence-corrected chi connectivity index (χ3v) is 5.43. The summed E-state index contributed by atoms with van der Waals surface area (Å²) in [5, 5.41) is 1.09. The highest BCUT2D eigenvalue weighted by atomic mass is 32.1. The summed E-state index contributed by atoms with van der Waals surface area (Å²) >= 11 is 1.74. The Hall–Kier alpha value is -2.18. The number of anilines is 1. The summed E-state index contributed by atoms with van der Waals surface area (Å²) in [7, 11) is 1.70. The number of benzene rings is 1. The second kappa shape index (κ2) is 6.75. The van der Waals surface area contributed by atoms with Gasteiger partial charge in [-0.25, -0.2) is 4.98 Å². The summed E-state index contributed by atoms with van der Waals surface area (Å²) in [4.78, 5) is 14.0. The number of methoxy groups -OCH3 is 1. The highest BCUT2D eigenvalue weighted by Gasteiger charge is 2.20. The minimum Gasteiger partial charge on any atom is -0.494 e. The lowest BCUT2D eigenvalue weighted by atomic mass is 10.3. The van der Waals surface area contributed by atoms with Crippen molar-refractivity contribution in [2.45, 2.75) is 6.54 Å². The largest absolute Gasteiger partial charge is 0.494 e. The predicted molar refractivity (Wildman–Crippen MR) is 97.9 cm³/mol. The van der Waals surface area contributed by atoms with Gasteiger partial charge in [0, 0.05) is 38.9 Å². The molecule has 1 aliphatic heterocycles. The topological polar surface area (TPSA) is 41.5 Å². The molecule has 0 saturated carbocycles. The molecular weight excluding hydrogens is 320 g/mol. The number of ether oxygens (including phenoxy) is 1. The van der Waals surface area contributed by atoms with Crippen molar-refractivity contribution < 1.29 is 4.74 Å². The number of piperazine rings is 1. The molecule has 3 heterocycles. The Kier molecular flexibility index (Phi) is 4.32. The van der Waals surface area contributed by atoms with Gasteiger partial charge < -0.3 is 9.64 Å². The summed E-state index contributed by atoms with van der Waals surface area (Å²) in [5.74, 6) is 0.851. The molecule has 1 aliphatic rings. The van der Waals surface area contributed by atoms with E-state index in [0.717, 1.165) is 54.8 Å². The third kappa shape index (κ3) is 3.07. The van der Waals surface area contributed by atoms with Crippen LogP contribution in [-0.4, -0.2) is 48.2 Å². The first kappa shape index (κ1) is 15.4. The quantitative estimate of drug-likeness (QED) is 0.730. The average molecular weight is 340 g/mol. The van der Waals surface area contributed by atoms with Gasteiger partial charge >= 0.3 is 0 Å². The number of aromatic nitrogens is 2. The first-order chi connectivity index (χ1) is 11.8. The van der Waals surface area contributed by atoms with Crippen molar-refractivity contribution in [3.63, 3.8) is 0 Å². The monoisotopic (exact) mass is 340 g/mol. The van der Waals surface area contributed by atoms with Crippen molar-refractivity contribution in [3.8, 4) is 5.75 Å². The van der Waals surface area contributed by atoms with Gasteiger partial charge in [0.15, 0.2) is 5.13 Å². The van der Waals surface area contributed by atoms with Crippen LogP contribution in [0.4, 0.5) is 5.13 Å². The van der Waals surface area contributed by atoms with Crippen molar-refractivity contribution >= 4 is 26.7 Å². The van der Waals surface area contributed by atoms with E-state index in [-0.39, 0.29) is 0 Å². The van der Waals surface area contributed by atoms with Crippen molar-refractivity contribution in [2.24, 2.45) is 0 Å². The van der Waals surface area contributed by atoms with Crippen LogP contribution in [-0.2, 0) is 6.54 Å². The van der Waals surface area contributed by atoms with E-state index in [1.807, 2.05) is 30.5 Å². The molecule has 2 aromatic heterocycles. The number of fused-ring (bicyclic) bond motifs is 1. The van der Waals surface area contributed by atoms with Crippen LogP contribution in [0.25, 0.3) is 10.2 Å². The molecular formula is C18H20N4OS. The third-order valence-electron chi connectivity index (χ3n) is 4.35. The summed E-state index contributed by atoms with van der Waals surface area (Å²) in [6.07, 6.45) is 1.86. The minimum absolute atomic E-state index is 0.851. The lowest BCUT2D eigenvalue weighted by Gasteiger charge is -2.34. The molecule has 1 saturated heterocycles. The molecule has 0 unspecified atom stereocenters. The molecule has 0 spiro atoms. The Balaban J connectivity index is 1.44. The summed E-state index contributed by atoms with van der Waals surface area (Å²) in [6.45, 7) is 4.97. The van der Waals surface area contributed by atoms with Crippen LogP contribution in [0, 0.1) is 0 Å². The molecule has 1 aromatic carbocycles. The number of thiazole rings is 1. The fourth-order valence-corrected chi connectivity index (χ4v) is 4.06. The molecule has 0 N–H and O–H groups in total. The number of para-hydroxylation sites is 1. The van der Waals surface area contributed by atoms with E-state index in [9.17, 15) is 0 Å². The average Bonchev–Trinajstić information content (AvgIpc) is 3.07. The van der Waals surface area contributed by atoms with Crippen LogP contribution < -0.4 is 9.64 Å². The molecule has 5 nitrogen and oxygen atoms in total. The second-order valence-corrected chi connectivity index (χ2v) is 6.90. The van der Waals surface area contributed by atoms with Gasteiger partial charge in [-0.15, -0.1) is 0 Å². The Morgan fingerprint density at radius 3 is 2.71 bits per heavy atom. The summed E-state index contributed by atoms with van der Waals surface area (Å²) in [5.41, 5.74) is 2.10. The molecule has 0 bridgehead atoms. The number of pyridine rings is 1. The molecule has 0 amide bonds. The Morgan fingerprint density at radius 1 is 1.08 bits per heavy atom. The summed E-state index contributed by atoms with van der Waals surface area (Å²) in [6, 6.07) is 12.2. The van der Waals surface area contributed by atoms with Crippen LogP contribution in [0.5, 0.6) is 5.75 Å². The Labute approximate surface area is 145 Å². The van der Waals surface area contributed by atoms with Gasteiger partial charge in [0.1, 0.15) is 11.3 Å². The van der Waals surface area contributed by atoms with E-state index >= 15 is 0 Å². The molecule has 24 heavy (non-hydrogen) atoms. The maximum absolute atomic E-state index is 5.42. The van der Waals surface area contributed by atoms with Crippen LogP contribution in [0.15, 0.2) is 42.6 Å². The van der Waals surface area contributed by atoms with Gasteiger partial charge in [-0.2, -0.15) is 0 Å². The Bertz CT molecular complexity index is 812. The molecule has 3 aromatic rings.